The molecule has 0 spiro atoms. The minimum atomic E-state index is -3.22. The van der Waals surface area contributed by atoms with Crippen molar-refractivity contribution in [2.75, 3.05) is 11.6 Å². The summed E-state index contributed by atoms with van der Waals surface area (Å²) in [7, 11) is -3.22. The number of alkyl halides is 1. The van der Waals surface area contributed by atoms with Gasteiger partial charge in [0, 0.05) is 24.3 Å². The first-order valence-corrected chi connectivity index (χ1v) is 8.17. The third-order valence-electron chi connectivity index (χ3n) is 2.56. The summed E-state index contributed by atoms with van der Waals surface area (Å²) >= 11 is 5.57. The van der Waals surface area contributed by atoms with Crippen LogP contribution in [0.4, 0.5) is 0 Å². The molecule has 0 amide bonds. The zero-order valence-electron chi connectivity index (χ0n) is 10.5. The van der Waals surface area contributed by atoms with Crippen molar-refractivity contribution >= 4 is 21.6 Å². The van der Waals surface area contributed by atoms with Gasteiger partial charge in [0.2, 0.25) is 10.0 Å². The van der Waals surface area contributed by atoms with Crippen molar-refractivity contribution in [2.45, 2.75) is 32.2 Å². The lowest BCUT2D eigenvalue weighted by Gasteiger charge is -2.13. The Bertz CT molecular complexity index is 437. The molecule has 0 saturated heterocycles. The van der Waals surface area contributed by atoms with Gasteiger partial charge >= 0.3 is 0 Å². The molecule has 6 heteroatoms. The predicted molar refractivity (Wildman–Crippen MR) is 74.3 cm³/mol. The maximum Gasteiger partial charge on any atom is 0.212 e. The predicted octanol–water partition coefficient (Wildman–Crippen LogP) is 1.95. The number of hydrogen-bond acceptors (Lipinski definition) is 3. The second kappa shape index (κ2) is 7.71. The van der Waals surface area contributed by atoms with Crippen molar-refractivity contribution in [3.63, 3.8) is 0 Å². The second-order valence-corrected chi connectivity index (χ2v) is 6.53. The molecule has 1 unspecified atom stereocenters. The number of nitrogens with zero attached hydrogens (tertiary/aromatic N) is 1. The molecule has 0 aromatic carbocycles. The molecule has 1 aromatic rings. The maximum absolute atomic E-state index is 11.8. The van der Waals surface area contributed by atoms with Crippen LogP contribution in [0.5, 0.6) is 0 Å². The number of halogens is 1. The van der Waals surface area contributed by atoms with Crippen LogP contribution in [0.25, 0.3) is 0 Å². The van der Waals surface area contributed by atoms with Crippen molar-refractivity contribution in [1.82, 2.24) is 9.71 Å². The van der Waals surface area contributed by atoms with Crippen LogP contribution < -0.4 is 4.72 Å². The summed E-state index contributed by atoms with van der Waals surface area (Å²) in [5.41, 5.74) is 0.976. The van der Waals surface area contributed by atoms with Crippen LogP contribution in [-0.4, -0.2) is 31.1 Å². The molecule has 0 saturated carbocycles. The summed E-state index contributed by atoms with van der Waals surface area (Å²) in [4.78, 5) is 3.89. The highest BCUT2D eigenvalue weighted by Crippen LogP contribution is 2.03. The van der Waals surface area contributed by atoms with Gasteiger partial charge < -0.3 is 0 Å². The first kappa shape index (κ1) is 15.4. The Balaban J connectivity index is 2.40. The summed E-state index contributed by atoms with van der Waals surface area (Å²) in [6, 6.07) is 3.59. The Labute approximate surface area is 114 Å². The van der Waals surface area contributed by atoms with Crippen LogP contribution in [0.2, 0.25) is 0 Å². The molecule has 0 aliphatic rings. The smallest absolute Gasteiger partial charge is 0.212 e. The highest BCUT2D eigenvalue weighted by molar-refractivity contribution is 7.89. The number of nitrogens with one attached hydrogen (secondary N) is 1. The zero-order chi connectivity index (χ0) is 13.4. The van der Waals surface area contributed by atoms with Crippen molar-refractivity contribution in [2.24, 2.45) is 0 Å². The monoisotopic (exact) mass is 290 g/mol. The Hall–Kier alpha value is -0.650. The summed E-state index contributed by atoms with van der Waals surface area (Å²) in [6.45, 7) is 1.86. The van der Waals surface area contributed by atoms with E-state index in [9.17, 15) is 8.42 Å². The van der Waals surface area contributed by atoms with Gasteiger partial charge in [-0.3, -0.25) is 4.98 Å². The first-order valence-electron chi connectivity index (χ1n) is 5.98. The fraction of sp³-hybridized carbons (Fsp3) is 0.583. The number of sulfonamides is 1. The van der Waals surface area contributed by atoms with Gasteiger partial charge in [0.15, 0.2) is 0 Å². The molecule has 0 bridgehead atoms. The molecule has 4 nitrogen and oxygen atoms in total. The van der Waals surface area contributed by atoms with E-state index in [2.05, 4.69) is 9.71 Å². The molecule has 0 fully saturated rings. The normalized spacial score (nSPS) is 13.4. The van der Waals surface area contributed by atoms with Gasteiger partial charge in [-0.1, -0.05) is 0 Å². The van der Waals surface area contributed by atoms with Gasteiger partial charge in [-0.15, -0.1) is 11.6 Å². The number of aryl methyl sites for hydroxylation is 1. The Kier molecular flexibility index (Phi) is 6.60. The average Bonchev–Trinajstić information content (AvgIpc) is 2.35. The van der Waals surface area contributed by atoms with Crippen molar-refractivity contribution in [1.29, 1.82) is 0 Å². The van der Waals surface area contributed by atoms with Gasteiger partial charge in [-0.2, -0.15) is 0 Å². The topological polar surface area (TPSA) is 59.1 Å². The van der Waals surface area contributed by atoms with E-state index in [1.807, 2.05) is 19.1 Å². The molecule has 0 aliphatic heterocycles. The van der Waals surface area contributed by atoms with E-state index in [4.69, 9.17) is 11.6 Å². The van der Waals surface area contributed by atoms with Crippen molar-refractivity contribution in [3.05, 3.63) is 30.1 Å². The zero-order valence-corrected chi connectivity index (χ0v) is 12.0. The summed E-state index contributed by atoms with van der Waals surface area (Å²) in [5.74, 6) is 0.658. The standard InChI is InChI=1S/C12H19ClN2O2S/c1-11(3-2-7-13)15-18(16,17)10-6-12-4-8-14-9-5-12/h4-5,8-9,11,15H,2-3,6-7,10H2,1H3. The molecule has 102 valence electrons. The fourth-order valence-corrected chi connectivity index (χ4v) is 3.12. The number of hydrogen-bond donors (Lipinski definition) is 1. The minimum absolute atomic E-state index is 0.0637. The van der Waals surface area contributed by atoms with Crippen LogP contribution in [0.3, 0.4) is 0 Å². The quantitative estimate of drug-likeness (QED) is 0.745. The Morgan fingerprint density at radius 2 is 2.06 bits per heavy atom. The summed E-state index contributed by atoms with van der Waals surface area (Å²) < 4.78 is 26.3. The first-order chi connectivity index (χ1) is 8.53. The van der Waals surface area contributed by atoms with Gasteiger partial charge in [0.25, 0.3) is 0 Å². The van der Waals surface area contributed by atoms with Crippen LogP contribution >= 0.6 is 11.6 Å². The molecule has 1 N–H and O–H groups in total. The van der Waals surface area contributed by atoms with E-state index in [0.717, 1.165) is 18.4 Å². The van der Waals surface area contributed by atoms with E-state index in [1.54, 1.807) is 12.4 Å². The van der Waals surface area contributed by atoms with Gasteiger partial charge in [0.1, 0.15) is 0 Å². The minimum Gasteiger partial charge on any atom is -0.265 e. The summed E-state index contributed by atoms with van der Waals surface area (Å²) in [6.07, 6.45) is 5.41. The van der Waals surface area contributed by atoms with Gasteiger partial charge in [-0.25, -0.2) is 13.1 Å². The summed E-state index contributed by atoms with van der Waals surface area (Å²) in [5, 5.41) is 0. The van der Waals surface area contributed by atoms with Crippen LogP contribution in [0.1, 0.15) is 25.3 Å². The largest absolute Gasteiger partial charge is 0.265 e. The molecule has 18 heavy (non-hydrogen) atoms. The van der Waals surface area contributed by atoms with Gasteiger partial charge in [0.05, 0.1) is 5.75 Å². The molecular formula is C12H19ClN2O2S. The van der Waals surface area contributed by atoms with E-state index in [-0.39, 0.29) is 11.8 Å². The van der Waals surface area contributed by atoms with E-state index < -0.39 is 10.0 Å². The molecule has 1 rings (SSSR count). The molecule has 1 heterocycles. The van der Waals surface area contributed by atoms with E-state index in [0.29, 0.717) is 12.3 Å². The molecular weight excluding hydrogens is 272 g/mol. The number of rotatable bonds is 8. The Morgan fingerprint density at radius 1 is 1.39 bits per heavy atom. The second-order valence-electron chi connectivity index (χ2n) is 4.27. The molecule has 1 aromatic heterocycles. The molecule has 1 atom stereocenters. The SMILES string of the molecule is CC(CCCCl)NS(=O)(=O)CCc1ccncc1. The van der Waals surface area contributed by atoms with Crippen molar-refractivity contribution < 1.29 is 8.42 Å². The number of aromatic nitrogens is 1. The van der Waals surface area contributed by atoms with Crippen LogP contribution in [-0.2, 0) is 16.4 Å². The lowest BCUT2D eigenvalue weighted by atomic mass is 10.2. The van der Waals surface area contributed by atoms with Crippen LogP contribution in [0, 0.1) is 0 Å². The maximum atomic E-state index is 11.8. The van der Waals surface area contributed by atoms with Gasteiger partial charge in [-0.05, 0) is 43.9 Å². The molecule has 0 radical (unpaired) electrons. The van der Waals surface area contributed by atoms with E-state index in [1.165, 1.54) is 0 Å². The average molecular weight is 291 g/mol. The fourth-order valence-electron chi connectivity index (χ4n) is 1.61. The Morgan fingerprint density at radius 3 is 2.67 bits per heavy atom. The highest BCUT2D eigenvalue weighted by atomic mass is 35.5. The molecule has 0 aliphatic carbocycles. The third kappa shape index (κ3) is 6.33. The lowest BCUT2D eigenvalue weighted by Crippen LogP contribution is -2.34. The van der Waals surface area contributed by atoms with E-state index >= 15 is 0 Å². The van der Waals surface area contributed by atoms with Crippen molar-refractivity contribution in [3.8, 4) is 0 Å². The van der Waals surface area contributed by atoms with Crippen LogP contribution in [0.15, 0.2) is 24.5 Å². The third-order valence-corrected chi connectivity index (χ3v) is 4.33. The highest BCUT2D eigenvalue weighted by Gasteiger charge is 2.14. The number of pyridine rings is 1. The lowest BCUT2D eigenvalue weighted by molar-refractivity contribution is 0.544.